The van der Waals surface area contributed by atoms with Crippen molar-refractivity contribution in [1.82, 2.24) is 30.2 Å². The molecule has 1 saturated heterocycles. The van der Waals surface area contributed by atoms with Crippen molar-refractivity contribution >= 4 is 17.5 Å². The smallest absolute Gasteiger partial charge is 0.229 e. The average molecular weight is 364 g/mol. The first-order valence-corrected chi connectivity index (χ1v) is 8.86. The molecule has 1 aromatic carbocycles. The Kier molecular flexibility index (Phi) is 4.73. The van der Waals surface area contributed by atoms with E-state index >= 15 is 0 Å². The third-order valence-corrected chi connectivity index (χ3v) is 4.52. The zero-order valence-electron chi connectivity index (χ0n) is 15.0. The van der Waals surface area contributed by atoms with Gasteiger partial charge in [-0.15, -0.1) is 10.2 Å². The molecule has 1 aliphatic rings. The molecule has 1 amide bonds. The molecule has 1 atom stereocenters. The minimum Gasteiger partial charge on any atom is -0.340 e. The first kappa shape index (κ1) is 17.1. The predicted molar refractivity (Wildman–Crippen MR) is 99.8 cm³/mol. The van der Waals surface area contributed by atoms with Gasteiger partial charge < -0.3 is 10.2 Å². The monoisotopic (exact) mass is 364 g/mol. The number of carbonyl (C=O) groups is 1. The summed E-state index contributed by atoms with van der Waals surface area (Å²) in [6.07, 6.45) is 5.22. The number of rotatable bonds is 4. The van der Waals surface area contributed by atoms with Crippen molar-refractivity contribution in [2.24, 2.45) is 13.0 Å². The van der Waals surface area contributed by atoms with Gasteiger partial charge >= 0.3 is 0 Å². The maximum absolute atomic E-state index is 12.8. The number of piperidine rings is 1. The fourth-order valence-electron chi connectivity index (χ4n) is 3.21. The third-order valence-electron chi connectivity index (χ3n) is 4.52. The van der Waals surface area contributed by atoms with E-state index in [1.165, 1.54) is 4.80 Å². The normalized spacial score (nSPS) is 16.9. The molecule has 1 N–H and O–H groups in total. The highest BCUT2D eigenvalue weighted by Gasteiger charge is 2.27. The second-order valence-corrected chi connectivity index (χ2v) is 6.51. The van der Waals surface area contributed by atoms with Crippen LogP contribution in [0.5, 0.6) is 0 Å². The van der Waals surface area contributed by atoms with Gasteiger partial charge in [0.2, 0.25) is 17.7 Å². The average Bonchev–Trinajstić information content (AvgIpc) is 3.15. The number of tetrazole rings is 1. The molecule has 9 heteroatoms. The van der Waals surface area contributed by atoms with Gasteiger partial charge in [-0.3, -0.25) is 4.79 Å². The molecule has 138 valence electrons. The Morgan fingerprint density at radius 3 is 2.85 bits per heavy atom. The largest absolute Gasteiger partial charge is 0.340 e. The minimum absolute atomic E-state index is 0.000105. The van der Waals surface area contributed by atoms with E-state index in [2.05, 4.69) is 35.6 Å². The van der Waals surface area contributed by atoms with Crippen molar-refractivity contribution < 1.29 is 4.79 Å². The van der Waals surface area contributed by atoms with E-state index in [0.717, 1.165) is 30.6 Å². The van der Waals surface area contributed by atoms with E-state index in [1.54, 1.807) is 25.5 Å². The van der Waals surface area contributed by atoms with Crippen LogP contribution < -0.4 is 10.2 Å². The summed E-state index contributed by atoms with van der Waals surface area (Å²) in [7, 11) is 1.72. The molecule has 0 spiro atoms. The number of hydrogen-bond acceptors (Lipinski definition) is 7. The highest BCUT2D eigenvalue weighted by Crippen LogP contribution is 2.23. The van der Waals surface area contributed by atoms with Crippen molar-refractivity contribution in [2.45, 2.75) is 12.8 Å². The van der Waals surface area contributed by atoms with Gasteiger partial charge in [-0.2, -0.15) is 4.80 Å². The number of nitrogens with zero attached hydrogens (tertiary/aromatic N) is 7. The van der Waals surface area contributed by atoms with Crippen LogP contribution in [-0.2, 0) is 11.8 Å². The van der Waals surface area contributed by atoms with Gasteiger partial charge in [-0.05, 0) is 36.3 Å². The summed E-state index contributed by atoms with van der Waals surface area (Å²) in [6.45, 7) is 1.48. The lowest BCUT2D eigenvalue weighted by Crippen LogP contribution is -2.41. The first-order valence-electron chi connectivity index (χ1n) is 8.86. The predicted octanol–water partition coefficient (Wildman–Crippen LogP) is 1.52. The summed E-state index contributed by atoms with van der Waals surface area (Å²) < 4.78 is 0. The van der Waals surface area contributed by atoms with E-state index in [9.17, 15) is 4.79 Å². The van der Waals surface area contributed by atoms with Gasteiger partial charge in [0.1, 0.15) is 0 Å². The standard InChI is InChI=1S/C18H20N8O/c1-25-23-16(22-24-25)13-5-2-7-15(11-13)21-17(27)14-6-3-10-26(12-14)18-19-8-4-9-20-18/h2,4-5,7-9,11,14H,3,6,10,12H2,1H3,(H,21,27). The number of amides is 1. The van der Waals surface area contributed by atoms with Crippen molar-refractivity contribution in [3.8, 4) is 11.4 Å². The van der Waals surface area contributed by atoms with Crippen molar-refractivity contribution in [1.29, 1.82) is 0 Å². The number of carbonyl (C=O) groups excluding carboxylic acids is 1. The molecule has 1 fully saturated rings. The molecule has 9 nitrogen and oxygen atoms in total. The van der Waals surface area contributed by atoms with Gasteiger partial charge in [-0.25, -0.2) is 9.97 Å². The van der Waals surface area contributed by atoms with Crippen LogP contribution in [0.3, 0.4) is 0 Å². The Hall–Kier alpha value is -3.36. The quantitative estimate of drug-likeness (QED) is 0.749. The highest BCUT2D eigenvalue weighted by molar-refractivity contribution is 5.93. The number of aromatic nitrogens is 6. The van der Waals surface area contributed by atoms with Crippen LogP contribution in [0.1, 0.15) is 12.8 Å². The second-order valence-electron chi connectivity index (χ2n) is 6.51. The summed E-state index contributed by atoms with van der Waals surface area (Å²) >= 11 is 0. The minimum atomic E-state index is -0.110. The Morgan fingerprint density at radius 1 is 1.22 bits per heavy atom. The van der Waals surface area contributed by atoms with Gasteiger partial charge in [0.25, 0.3) is 0 Å². The third kappa shape index (κ3) is 3.91. The molecule has 0 bridgehead atoms. The molecular formula is C18H20N8O. The van der Waals surface area contributed by atoms with Gasteiger partial charge in [0.05, 0.1) is 13.0 Å². The van der Waals surface area contributed by atoms with Crippen LogP contribution in [0.25, 0.3) is 11.4 Å². The molecular weight excluding hydrogens is 344 g/mol. The summed E-state index contributed by atoms with van der Waals surface area (Å²) in [5, 5.41) is 15.1. The summed E-state index contributed by atoms with van der Waals surface area (Å²) in [4.78, 5) is 24.8. The molecule has 4 rings (SSSR count). The number of nitrogens with one attached hydrogen (secondary N) is 1. The summed E-state index contributed by atoms with van der Waals surface area (Å²) in [5.41, 5.74) is 1.53. The molecule has 0 saturated carbocycles. The van der Waals surface area contributed by atoms with Crippen LogP contribution in [0.15, 0.2) is 42.7 Å². The molecule has 3 heterocycles. The summed E-state index contributed by atoms with van der Waals surface area (Å²) in [6, 6.07) is 9.26. The zero-order valence-corrected chi connectivity index (χ0v) is 15.0. The number of hydrogen-bond donors (Lipinski definition) is 1. The maximum Gasteiger partial charge on any atom is 0.229 e. The van der Waals surface area contributed by atoms with Crippen molar-refractivity contribution in [2.75, 3.05) is 23.3 Å². The second kappa shape index (κ2) is 7.48. The van der Waals surface area contributed by atoms with Gasteiger partial charge in [0, 0.05) is 36.7 Å². The lowest BCUT2D eigenvalue weighted by molar-refractivity contribution is -0.120. The van der Waals surface area contributed by atoms with E-state index in [4.69, 9.17) is 0 Å². The Labute approximate surface area is 156 Å². The lowest BCUT2D eigenvalue weighted by atomic mass is 9.97. The van der Waals surface area contributed by atoms with E-state index in [0.29, 0.717) is 18.3 Å². The molecule has 3 aromatic rings. The zero-order chi connectivity index (χ0) is 18.6. The van der Waals surface area contributed by atoms with Crippen LogP contribution in [-0.4, -0.2) is 49.2 Å². The Balaban J connectivity index is 1.44. The lowest BCUT2D eigenvalue weighted by Gasteiger charge is -2.31. The SMILES string of the molecule is Cn1nnc(-c2cccc(NC(=O)C3CCCN(c4ncccn4)C3)c2)n1. The number of benzene rings is 1. The maximum atomic E-state index is 12.8. The molecule has 2 aromatic heterocycles. The van der Waals surface area contributed by atoms with Crippen molar-refractivity contribution in [3.63, 3.8) is 0 Å². The van der Waals surface area contributed by atoms with Crippen molar-refractivity contribution in [3.05, 3.63) is 42.7 Å². The molecule has 0 aliphatic carbocycles. The number of aryl methyl sites for hydroxylation is 1. The molecule has 1 aliphatic heterocycles. The van der Waals surface area contributed by atoms with Crippen LogP contribution >= 0.6 is 0 Å². The Morgan fingerprint density at radius 2 is 2.07 bits per heavy atom. The molecule has 0 radical (unpaired) electrons. The number of anilines is 2. The highest BCUT2D eigenvalue weighted by atomic mass is 16.1. The van der Waals surface area contributed by atoms with Gasteiger partial charge in [0.15, 0.2) is 0 Å². The van der Waals surface area contributed by atoms with E-state index in [1.807, 2.05) is 24.3 Å². The topological polar surface area (TPSA) is 102 Å². The van der Waals surface area contributed by atoms with E-state index < -0.39 is 0 Å². The molecule has 27 heavy (non-hydrogen) atoms. The van der Waals surface area contributed by atoms with Crippen LogP contribution in [0.2, 0.25) is 0 Å². The van der Waals surface area contributed by atoms with Gasteiger partial charge in [-0.1, -0.05) is 12.1 Å². The fraction of sp³-hybridized carbons (Fsp3) is 0.333. The fourth-order valence-corrected chi connectivity index (χ4v) is 3.21. The Bertz CT molecular complexity index is 926. The van der Waals surface area contributed by atoms with Crippen LogP contribution in [0.4, 0.5) is 11.6 Å². The molecule has 1 unspecified atom stereocenters. The van der Waals surface area contributed by atoms with Crippen LogP contribution in [0, 0.1) is 5.92 Å². The van der Waals surface area contributed by atoms with E-state index in [-0.39, 0.29) is 11.8 Å². The summed E-state index contributed by atoms with van der Waals surface area (Å²) in [5.74, 6) is 1.09. The first-order chi connectivity index (χ1) is 13.2.